The Balaban J connectivity index is 2.41. The number of ether oxygens (including phenoxy) is 1. The smallest absolute Gasteiger partial charge is 0.307 e. The van der Waals surface area contributed by atoms with E-state index in [1.54, 1.807) is 13.8 Å². The lowest BCUT2D eigenvalue weighted by molar-refractivity contribution is -0.146. The van der Waals surface area contributed by atoms with Crippen LogP contribution in [0.5, 0.6) is 0 Å². The standard InChI is InChI=1S/C12H21NO4/c1-8(9(2)11(15)16)10(14)13-7-12(3)5-4-6-17-12/h8-9H,4-7H2,1-3H3,(H,13,14)(H,15,16). The van der Waals surface area contributed by atoms with Gasteiger partial charge in [0.05, 0.1) is 11.5 Å². The molecule has 1 amide bonds. The predicted molar refractivity (Wildman–Crippen MR) is 62.6 cm³/mol. The molecule has 1 aliphatic heterocycles. The van der Waals surface area contributed by atoms with Crippen LogP contribution in [0.2, 0.25) is 0 Å². The number of carbonyl (C=O) groups is 2. The number of rotatable bonds is 5. The molecule has 3 atom stereocenters. The molecule has 1 rings (SSSR count). The van der Waals surface area contributed by atoms with E-state index in [1.165, 1.54) is 0 Å². The summed E-state index contributed by atoms with van der Waals surface area (Å²) in [5.74, 6) is -2.38. The van der Waals surface area contributed by atoms with Gasteiger partial charge in [0.25, 0.3) is 0 Å². The van der Waals surface area contributed by atoms with Gasteiger partial charge in [-0.15, -0.1) is 0 Å². The number of hydrogen-bond donors (Lipinski definition) is 2. The molecular formula is C12H21NO4. The number of amides is 1. The summed E-state index contributed by atoms with van der Waals surface area (Å²) in [6.45, 7) is 6.31. The van der Waals surface area contributed by atoms with Crippen molar-refractivity contribution in [3.8, 4) is 0 Å². The predicted octanol–water partition coefficient (Wildman–Crippen LogP) is 1.03. The molecular weight excluding hydrogens is 222 g/mol. The number of carboxylic acids is 1. The highest BCUT2D eigenvalue weighted by molar-refractivity contribution is 5.84. The molecule has 0 spiro atoms. The van der Waals surface area contributed by atoms with Gasteiger partial charge in [-0.2, -0.15) is 0 Å². The molecule has 5 nitrogen and oxygen atoms in total. The van der Waals surface area contributed by atoms with Crippen molar-refractivity contribution in [2.75, 3.05) is 13.2 Å². The number of aliphatic carboxylic acids is 1. The number of carboxylic acid groups (broad SMARTS) is 1. The van der Waals surface area contributed by atoms with Crippen molar-refractivity contribution in [1.29, 1.82) is 0 Å². The highest BCUT2D eigenvalue weighted by Crippen LogP contribution is 2.24. The zero-order valence-electron chi connectivity index (χ0n) is 10.7. The molecule has 0 aromatic heterocycles. The van der Waals surface area contributed by atoms with E-state index in [1.807, 2.05) is 6.92 Å². The third-order valence-electron chi connectivity index (χ3n) is 3.49. The maximum atomic E-state index is 11.8. The summed E-state index contributed by atoms with van der Waals surface area (Å²) in [4.78, 5) is 22.5. The van der Waals surface area contributed by atoms with Gasteiger partial charge in [0.15, 0.2) is 0 Å². The van der Waals surface area contributed by atoms with Crippen LogP contribution < -0.4 is 5.32 Å². The molecule has 1 heterocycles. The van der Waals surface area contributed by atoms with Gasteiger partial charge < -0.3 is 15.2 Å². The minimum atomic E-state index is -0.948. The molecule has 0 aromatic carbocycles. The second-order valence-electron chi connectivity index (χ2n) is 5.04. The second-order valence-corrected chi connectivity index (χ2v) is 5.04. The van der Waals surface area contributed by atoms with Gasteiger partial charge in [-0.25, -0.2) is 0 Å². The molecule has 0 radical (unpaired) electrons. The van der Waals surface area contributed by atoms with Crippen LogP contribution in [0, 0.1) is 11.8 Å². The first-order valence-corrected chi connectivity index (χ1v) is 6.00. The van der Waals surface area contributed by atoms with Crippen molar-refractivity contribution in [3.63, 3.8) is 0 Å². The van der Waals surface area contributed by atoms with E-state index in [2.05, 4.69) is 5.32 Å². The first-order chi connectivity index (χ1) is 7.86. The Morgan fingerprint density at radius 1 is 1.41 bits per heavy atom. The Labute approximate surface area is 102 Å². The highest BCUT2D eigenvalue weighted by atomic mass is 16.5. The molecule has 1 saturated heterocycles. The first-order valence-electron chi connectivity index (χ1n) is 6.00. The van der Waals surface area contributed by atoms with E-state index in [0.29, 0.717) is 6.54 Å². The van der Waals surface area contributed by atoms with Crippen molar-refractivity contribution in [2.45, 2.75) is 39.2 Å². The van der Waals surface area contributed by atoms with Gasteiger partial charge in [0, 0.05) is 19.1 Å². The summed E-state index contributed by atoms with van der Waals surface area (Å²) in [5.41, 5.74) is -0.290. The monoisotopic (exact) mass is 243 g/mol. The van der Waals surface area contributed by atoms with Crippen molar-refractivity contribution >= 4 is 11.9 Å². The Bertz CT molecular complexity index is 297. The number of hydrogen-bond acceptors (Lipinski definition) is 3. The summed E-state index contributed by atoms with van der Waals surface area (Å²) < 4.78 is 5.55. The van der Waals surface area contributed by atoms with Crippen LogP contribution in [0.4, 0.5) is 0 Å². The Morgan fingerprint density at radius 2 is 2.06 bits per heavy atom. The fourth-order valence-corrected chi connectivity index (χ4v) is 1.85. The van der Waals surface area contributed by atoms with Gasteiger partial charge in [-0.1, -0.05) is 13.8 Å². The minimum Gasteiger partial charge on any atom is -0.481 e. The Morgan fingerprint density at radius 3 is 2.53 bits per heavy atom. The molecule has 0 aromatic rings. The molecule has 5 heteroatoms. The Kier molecular flexibility index (Phi) is 4.51. The zero-order chi connectivity index (χ0) is 13.1. The lowest BCUT2D eigenvalue weighted by Crippen LogP contribution is -2.43. The van der Waals surface area contributed by atoms with Gasteiger partial charge in [0.1, 0.15) is 0 Å². The zero-order valence-corrected chi connectivity index (χ0v) is 10.7. The highest BCUT2D eigenvalue weighted by Gasteiger charge is 2.32. The molecule has 0 bridgehead atoms. The Hall–Kier alpha value is -1.10. The van der Waals surface area contributed by atoms with Crippen LogP contribution in [0.15, 0.2) is 0 Å². The summed E-state index contributed by atoms with van der Waals surface area (Å²) in [6, 6.07) is 0. The number of carbonyl (C=O) groups excluding carboxylic acids is 1. The number of nitrogens with one attached hydrogen (secondary N) is 1. The fraction of sp³-hybridized carbons (Fsp3) is 0.833. The van der Waals surface area contributed by atoms with Gasteiger partial charge in [-0.3, -0.25) is 9.59 Å². The summed E-state index contributed by atoms with van der Waals surface area (Å²) >= 11 is 0. The van der Waals surface area contributed by atoms with Crippen LogP contribution in [0.25, 0.3) is 0 Å². The molecule has 2 N–H and O–H groups in total. The first kappa shape index (κ1) is 14.0. The second kappa shape index (κ2) is 5.49. The van der Waals surface area contributed by atoms with Crippen LogP contribution in [-0.4, -0.2) is 35.7 Å². The molecule has 17 heavy (non-hydrogen) atoms. The van der Waals surface area contributed by atoms with Gasteiger partial charge in [0.2, 0.25) is 5.91 Å². The van der Waals surface area contributed by atoms with E-state index in [0.717, 1.165) is 19.4 Å². The third-order valence-corrected chi connectivity index (χ3v) is 3.49. The fourth-order valence-electron chi connectivity index (χ4n) is 1.85. The lowest BCUT2D eigenvalue weighted by atomic mass is 9.94. The van der Waals surface area contributed by atoms with Gasteiger partial charge in [-0.05, 0) is 19.8 Å². The average molecular weight is 243 g/mol. The lowest BCUT2D eigenvalue weighted by Gasteiger charge is -2.25. The van der Waals surface area contributed by atoms with Crippen molar-refractivity contribution in [2.24, 2.45) is 11.8 Å². The molecule has 0 aliphatic carbocycles. The van der Waals surface area contributed by atoms with Gasteiger partial charge >= 0.3 is 5.97 Å². The topological polar surface area (TPSA) is 75.6 Å². The van der Waals surface area contributed by atoms with Crippen LogP contribution in [0.1, 0.15) is 33.6 Å². The quantitative estimate of drug-likeness (QED) is 0.756. The molecule has 0 saturated carbocycles. The van der Waals surface area contributed by atoms with Crippen molar-refractivity contribution in [3.05, 3.63) is 0 Å². The molecule has 1 fully saturated rings. The largest absolute Gasteiger partial charge is 0.481 e. The van der Waals surface area contributed by atoms with Crippen molar-refractivity contribution in [1.82, 2.24) is 5.32 Å². The van der Waals surface area contributed by atoms with E-state index in [9.17, 15) is 9.59 Å². The molecule has 1 aliphatic rings. The van der Waals surface area contributed by atoms with E-state index >= 15 is 0 Å². The third kappa shape index (κ3) is 3.70. The normalized spacial score (nSPS) is 27.5. The van der Waals surface area contributed by atoms with E-state index in [4.69, 9.17) is 9.84 Å². The summed E-state index contributed by atoms with van der Waals surface area (Å²) in [7, 11) is 0. The van der Waals surface area contributed by atoms with Crippen LogP contribution >= 0.6 is 0 Å². The SMILES string of the molecule is CC(C(=O)O)C(C)C(=O)NCC1(C)CCCO1. The van der Waals surface area contributed by atoms with Crippen LogP contribution in [-0.2, 0) is 14.3 Å². The molecule has 98 valence electrons. The summed E-state index contributed by atoms with van der Waals surface area (Å²) in [5, 5.41) is 11.6. The maximum Gasteiger partial charge on any atom is 0.307 e. The van der Waals surface area contributed by atoms with Crippen LogP contribution in [0.3, 0.4) is 0 Å². The summed E-state index contributed by atoms with van der Waals surface area (Å²) in [6.07, 6.45) is 1.93. The van der Waals surface area contributed by atoms with E-state index in [-0.39, 0.29) is 11.5 Å². The average Bonchev–Trinajstić information content (AvgIpc) is 2.71. The molecule has 3 unspecified atom stereocenters. The maximum absolute atomic E-state index is 11.8. The van der Waals surface area contributed by atoms with Crippen molar-refractivity contribution < 1.29 is 19.4 Å². The minimum absolute atomic E-state index is 0.225. The van der Waals surface area contributed by atoms with E-state index < -0.39 is 17.8 Å².